The molecule has 2 aliphatic rings. The first-order valence-corrected chi connectivity index (χ1v) is 16.2. The van der Waals surface area contributed by atoms with Crippen molar-refractivity contribution in [3.05, 3.63) is 113 Å². The zero-order valence-corrected chi connectivity index (χ0v) is 27.2. The third kappa shape index (κ3) is 6.18. The molecular formula is C38H37FN6O3. The summed E-state index contributed by atoms with van der Waals surface area (Å²) in [4.78, 5) is 24.8. The highest BCUT2D eigenvalue weighted by Gasteiger charge is 2.28. The summed E-state index contributed by atoms with van der Waals surface area (Å²) in [6.45, 7) is 8.30. The van der Waals surface area contributed by atoms with Crippen LogP contribution in [0.3, 0.4) is 0 Å². The van der Waals surface area contributed by atoms with Crippen molar-refractivity contribution < 1.29 is 18.7 Å². The van der Waals surface area contributed by atoms with Crippen LogP contribution in [0.4, 0.5) is 10.2 Å². The number of piperidine rings is 1. The standard InChI is InChI=1S/C38H37FN6O3/c1-23(2)44-12-10-30(11-13-44)47-36-18-26-16-27(15-25(26)17-31(36)28-19-41-22-42-20-28)37(46)32-21-43-45(38(32)40)29-8-9-34(24(3)14-29)48-35-7-5-4-6-33(35)39/h4-9,14,16-23,30H,10-13,15,40H2,1-3H3. The Morgan fingerprint density at radius 1 is 0.979 bits per heavy atom. The van der Waals surface area contributed by atoms with Crippen molar-refractivity contribution in [3.8, 4) is 34.1 Å². The number of allylic oxidation sites excluding steroid dienone is 1. The summed E-state index contributed by atoms with van der Waals surface area (Å²) >= 11 is 0. The molecule has 0 amide bonds. The number of nitrogens with two attached hydrogens (primary N) is 1. The fourth-order valence-electron chi connectivity index (χ4n) is 6.41. The summed E-state index contributed by atoms with van der Waals surface area (Å²) < 4.78 is 28.1. The van der Waals surface area contributed by atoms with Gasteiger partial charge in [0.05, 0.1) is 17.4 Å². The van der Waals surface area contributed by atoms with Crippen molar-refractivity contribution in [1.29, 1.82) is 0 Å². The summed E-state index contributed by atoms with van der Waals surface area (Å²) in [7, 11) is 0. The average Bonchev–Trinajstić information content (AvgIpc) is 3.69. The maximum atomic E-state index is 14.1. The molecule has 9 nitrogen and oxygen atoms in total. The van der Waals surface area contributed by atoms with Crippen molar-refractivity contribution in [2.75, 3.05) is 18.8 Å². The van der Waals surface area contributed by atoms with E-state index in [4.69, 9.17) is 15.2 Å². The van der Waals surface area contributed by atoms with Gasteiger partial charge in [0.25, 0.3) is 0 Å². The van der Waals surface area contributed by atoms with E-state index in [1.165, 1.54) is 23.3 Å². The van der Waals surface area contributed by atoms with E-state index in [0.717, 1.165) is 59.5 Å². The number of ether oxygens (including phenoxy) is 2. The number of likely N-dealkylation sites (tertiary alicyclic amines) is 1. The van der Waals surface area contributed by atoms with Crippen LogP contribution in [0.5, 0.6) is 17.2 Å². The minimum atomic E-state index is -0.444. The van der Waals surface area contributed by atoms with Crippen molar-refractivity contribution >= 4 is 17.7 Å². The van der Waals surface area contributed by atoms with Crippen LogP contribution in [0.1, 0.15) is 53.7 Å². The summed E-state index contributed by atoms with van der Waals surface area (Å²) in [5.74, 6) is 1.02. The first-order valence-electron chi connectivity index (χ1n) is 16.2. The van der Waals surface area contributed by atoms with E-state index >= 15 is 0 Å². The number of rotatable bonds is 9. The molecule has 0 atom stereocenters. The Bertz CT molecular complexity index is 2010. The lowest BCUT2D eigenvalue weighted by Gasteiger charge is -2.35. The van der Waals surface area contributed by atoms with E-state index in [-0.39, 0.29) is 23.5 Å². The Balaban J connectivity index is 1.12. The molecule has 5 aromatic rings. The largest absolute Gasteiger partial charge is 0.490 e. The molecule has 48 heavy (non-hydrogen) atoms. The fourth-order valence-corrected chi connectivity index (χ4v) is 6.41. The molecule has 1 saturated heterocycles. The minimum Gasteiger partial charge on any atom is -0.490 e. The van der Waals surface area contributed by atoms with E-state index in [9.17, 15) is 9.18 Å². The molecule has 10 heteroatoms. The molecule has 0 radical (unpaired) electrons. The van der Waals surface area contributed by atoms with Crippen LogP contribution in [0.15, 0.2) is 85.1 Å². The van der Waals surface area contributed by atoms with Crippen molar-refractivity contribution in [2.45, 2.75) is 52.2 Å². The van der Waals surface area contributed by atoms with Gasteiger partial charge in [0.2, 0.25) is 0 Å². The van der Waals surface area contributed by atoms with Gasteiger partial charge in [-0.05, 0) is 98.8 Å². The number of fused-ring (bicyclic) bond motifs is 1. The van der Waals surface area contributed by atoms with Crippen LogP contribution >= 0.6 is 0 Å². The normalized spacial score (nSPS) is 15.0. The molecule has 7 rings (SSSR count). The predicted octanol–water partition coefficient (Wildman–Crippen LogP) is 7.23. The molecule has 0 spiro atoms. The van der Waals surface area contributed by atoms with Crippen LogP contribution in [-0.4, -0.2) is 55.7 Å². The molecule has 3 aromatic carbocycles. The van der Waals surface area contributed by atoms with Gasteiger partial charge in [-0.15, -0.1) is 0 Å². The number of anilines is 1. The monoisotopic (exact) mass is 644 g/mol. The molecule has 1 aliphatic carbocycles. The van der Waals surface area contributed by atoms with Gasteiger partial charge in [0.15, 0.2) is 17.3 Å². The van der Waals surface area contributed by atoms with Crippen LogP contribution in [-0.2, 0) is 6.42 Å². The smallest absolute Gasteiger partial charge is 0.194 e. The molecule has 1 fully saturated rings. The van der Waals surface area contributed by atoms with Gasteiger partial charge in [-0.3, -0.25) is 4.79 Å². The molecule has 2 N–H and O–H groups in total. The average molecular weight is 645 g/mol. The number of hydrogen-bond acceptors (Lipinski definition) is 8. The first-order chi connectivity index (χ1) is 23.2. The number of halogens is 1. The number of aryl methyl sites for hydroxylation is 1. The number of carbonyl (C=O) groups is 1. The fraction of sp³-hybridized carbons (Fsp3) is 0.263. The van der Waals surface area contributed by atoms with E-state index < -0.39 is 5.82 Å². The molecule has 244 valence electrons. The topological polar surface area (TPSA) is 108 Å². The number of ketones is 1. The Morgan fingerprint density at radius 3 is 2.48 bits per heavy atom. The number of hydrogen-bond donors (Lipinski definition) is 1. The number of para-hydroxylation sites is 1. The zero-order valence-electron chi connectivity index (χ0n) is 27.2. The molecule has 1 aliphatic heterocycles. The van der Waals surface area contributed by atoms with Gasteiger partial charge >= 0.3 is 0 Å². The molecule has 3 heterocycles. The molecule has 2 aromatic heterocycles. The van der Waals surface area contributed by atoms with Crippen molar-refractivity contribution in [2.24, 2.45) is 0 Å². The summed E-state index contributed by atoms with van der Waals surface area (Å²) in [6, 6.07) is 16.2. The van der Waals surface area contributed by atoms with E-state index in [1.54, 1.807) is 42.7 Å². The highest BCUT2D eigenvalue weighted by molar-refractivity contribution is 6.15. The lowest BCUT2D eigenvalue weighted by molar-refractivity contribution is 0.0846. The van der Waals surface area contributed by atoms with Crippen LogP contribution in [0.2, 0.25) is 0 Å². The Hall–Kier alpha value is -5.35. The summed E-state index contributed by atoms with van der Waals surface area (Å²) in [5, 5.41) is 4.45. The summed E-state index contributed by atoms with van der Waals surface area (Å²) in [6.07, 6.45) is 11.0. The highest BCUT2D eigenvalue weighted by atomic mass is 19.1. The van der Waals surface area contributed by atoms with E-state index in [2.05, 4.69) is 39.9 Å². The van der Waals surface area contributed by atoms with Crippen molar-refractivity contribution in [3.63, 3.8) is 0 Å². The third-order valence-corrected chi connectivity index (χ3v) is 9.13. The molecular weight excluding hydrogens is 607 g/mol. The lowest BCUT2D eigenvalue weighted by Crippen LogP contribution is -2.41. The van der Waals surface area contributed by atoms with Crippen molar-refractivity contribution in [1.82, 2.24) is 24.6 Å². The van der Waals surface area contributed by atoms with Crippen LogP contribution in [0.25, 0.3) is 22.9 Å². The number of benzene rings is 3. The zero-order chi connectivity index (χ0) is 33.4. The SMILES string of the molecule is Cc1cc(-n2ncc(C(=O)C3=Cc4cc(OC5CCN(C(C)C)CC5)c(-c5cncnc5)cc4C3)c2N)ccc1Oc1ccccc1F. The molecule has 0 saturated carbocycles. The van der Waals surface area contributed by atoms with Gasteiger partial charge in [0.1, 0.15) is 29.7 Å². The minimum absolute atomic E-state index is 0.0994. The summed E-state index contributed by atoms with van der Waals surface area (Å²) in [5.41, 5.74) is 12.6. The quantitative estimate of drug-likeness (QED) is 0.168. The lowest BCUT2D eigenvalue weighted by atomic mass is 9.99. The first kappa shape index (κ1) is 31.3. The van der Waals surface area contributed by atoms with Gasteiger partial charge in [-0.2, -0.15) is 5.10 Å². The number of nitrogens with zero attached hydrogens (tertiary/aromatic N) is 5. The van der Waals surface area contributed by atoms with Gasteiger partial charge in [-0.25, -0.2) is 19.0 Å². The Kier molecular flexibility index (Phi) is 8.49. The van der Waals surface area contributed by atoms with Gasteiger partial charge in [-0.1, -0.05) is 12.1 Å². The van der Waals surface area contributed by atoms with Gasteiger partial charge < -0.3 is 20.1 Å². The number of Topliss-reactive ketones (excluding diaryl/α,β-unsaturated/α-hetero) is 1. The third-order valence-electron chi connectivity index (χ3n) is 9.13. The van der Waals surface area contributed by atoms with E-state index in [0.29, 0.717) is 35.0 Å². The predicted molar refractivity (Wildman–Crippen MR) is 183 cm³/mol. The Morgan fingerprint density at radius 2 is 1.75 bits per heavy atom. The number of aromatic nitrogens is 4. The second-order valence-corrected chi connectivity index (χ2v) is 12.6. The maximum absolute atomic E-state index is 14.1. The highest BCUT2D eigenvalue weighted by Crippen LogP contribution is 2.39. The van der Waals surface area contributed by atoms with Crippen LogP contribution in [0, 0.1) is 12.7 Å². The second-order valence-electron chi connectivity index (χ2n) is 12.6. The van der Waals surface area contributed by atoms with Crippen LogP contribution < -0.4 is 15.2 Å². The second kappa shape index (κ2) is 13.0. The molecule has 0 unspecified atom stereocenters. The Labute approximate surface area is 278 Å². The maximum Gasteiger partial charge on any atom is 0.194 e. The molecule has 0 bridgehead atoms. The number of nitrogen functional groups attached to an aromatic ring is 1. The van der Waals surface area contributed by atoms with Gasteiger partial charge in [0, 0.05) is 54.6 Å². The van der Waals surface area contributed by atoms with E-state index in [1.807, 2.05) is 25.1 Å². The number of carbonyl (C=O) groups excluding carboxylic acids is 1.